The van der Waals surface area contributed by atoms with Gasteiger partial charge < -0.3 is 9.73 Å². The lowest BCUT2D eigenvalue weighted by Gasteiger charge is -2.13. The van der Waals surface area contributed by atoms with Crippen molar-refractivity contribution < 1.29 is 13.6 Å². The highest BCUT2D eigenvalue weighted by Gasteiger charge is 2.12. The Morgan fingerprint density at radius 2 is 2.12 bits per heavy atom. The molecular weight excluding hydrogens is 307 g/mol. The Hall–Kier alpha value is -2.17. The minimum Gasteiger partial charge on any atom is -0.441 e. The molecule has 1 aromatic heterocycles. The average molecular weight is 332 g/mol. The van der Waals surface area contributed by atoms with E-state index in [0.29, 0.717) is 30.1 Å². The first kappa shape index (κ1) is 18.2. The van der Waals surface area contributed by atoms with Crippen molar-refractivity contribution in [3.63, 3.8) is 0 Å². The molecular formula is C19H25FN2O2. The molecule has 0 radical (unpaired) electrons. The zero-order valence-corrected chi connectivity index (χ0v) is 14.3. The summed E-state index contributed by atoms with van der Waals surface area (Å²) in [6.45, 7) is 4.18. The molecule has 0 saturated heterocycles. The van der Waals surface area contributed by atoms with Crippen LogP contribution in [-0.2, 0) is 11.2 Å². The fourth-order valence-electron chi connectivity index (χ4n) is 2.55. The molecule has 0 bridgehead atoms. The summed E-state index contributed by atoms with van der Waals surface area (Å²) in [6.07, 6.45) is 6.71. The first-order valence-corrected chi connectivity index (χ1v) is 8.59. The number of carbonyl (C=O) groups is 1. The fourth-order valence-corrected chi connectivity index (χ4v) is 2.55. The Kier molecular flexibility index (Phi) is 6.97. The van der Waals surface area contributed by atoms with Crippen LogP contribution in [0.4, 0.5) is 4.39 Å². The van der Waals surface area contributed by atoms with Gasteiger partial charge in [-0.15, -0.1) is 0 Å². The van der Waals surface area contributed by atoms with Gasteiger partial charge in [0.2, 0.25) is 5.91 Å². The minimum atomic E-state index is -0.348. The molecule has 5 heteroatoms. The van der Waals surface area contributed by atoms with Crippen LogP contribution in [0.25, 0.3) is 11.3 Å². The normalized spacial score (nSPS) is 12.1. The molecule has 0 aliphatic heterocycles. The molecule has 0 aliphatic carbocycles. The standard InChI is InChI=1S/C19H25FN2O2/c1-3-4-5-8-14(2)22-18(23)11-12-19-21-13-17(24-19)15-9-6-7-10-16(15)20/h6-7,9-10,13-14H,3-5,8,11-12H2,1-2H3,(H,22,23). The molecule has 2 rings (SSSR count). The van der Waals surface area contributed by atoms with Gasteiger partial charge in [-0.1, -0.05) is 38.3 Å². The van der Waals surface area contributed by atoms with Gasteiger partial charge in [-0.25, -0.2) is 9.37 Å². The number of nitrogens with zero attached hydrogens (tertiary/aromatic N) is 1. The van der Waals surface area contributed by atoms with Gasteiger partial charge in [0.05, 0.1) is 11.8 Å². The van der Waals surface area contributed by atoms with E-state index in [9.17, 15) is 9.18 Å². The highest BCUT2D eigenvalue weighted by atomic mass is 19.1. The summed E-state index contributed by atoms with van der Waals surface area (Å²) in [5, 5.41) is 2.99. The second kappa shape index (κ2) is 9.21. The summed E-state index contributed by atoms with van der Waals surface area (Å²) in [5.74, 6) is 0.474. The Morgan fingerprint density at radius 3 is 2.88 bits per heavy atom. The van der Waals surface area contributed by atoms with Crippen molar-refractivity contribution in [2.24, 2.45) is 0 Å². The number of hydrogen-bond acceptors (Lipinski definition) is 3. The van der Waals surface area contributed by atoms with E-state index >= 15 is 0 Å². The quantitative estimate of drug-likeness (QED) is 0.688. The lowest BCUT2D eigenvalue weighted by Crippen LogP contribution is -2.32. The zero-order chi connectivity index (χ0) is 17.4. The van der Waals surface area contributed by atoms with Gasteiger partial charge in [0.1, 0.15) is 5.82 Å². The van der Waals surface area contributed by atoms with Crippen molar-refractivity contribution in [2.75, 3.05) is 0 Å². The van der Waals surface area contributed by atoms with Crippen LogP contribution in [0.3, 0.4) is 0 Å². The highest BCUT2D eigenvalue weighted by Crippen LogP contribution is 2.23. The van der Waals surface area contributed by atoms with Crippen molar-refractivity contribution in [2.45, 2.75) is 58.4 Å². The van der Waals surface area contributed by atoms with Crippen molar-refractivity contribution >= 4 is 5.91 Å². The molecule has 4 nitrogen and oxygen atoms in total. The van der Waals surface area contributed by atoms with Crippen molar-refractivity contribution in [1.29, 1.82) is 0 Å². The summed E-state index contributed by atoms with van der Waals surface area (Å²) in [4.78, 5) is 16.1. The number of rotatable bonds is 9. The predicted molar refractivity (Wildman–Crippen MR) is 92.0 cm³/mol. The van der Waals surface area contributed by atoms with Crippen LogP contribution < -0.4 is 5.32 Å². The molecule has 0 aliphatic rings. The number of aromatic nitrogens is 1. The molecule has 1 unspecified atom stereocenters. The van der Waals surface area contributed by atoms with Gasteiger partial charge in [-0.2, -0.15) is 0 Å². The maximum atomic E-state index is 13.7. The summed E-state index contributed by atoms with van der Waals surface area (Å²) >= 11 is 0. The second-order valence-corrected chi connectivity index (χ2v) is 6.06. The number of amides is 1. The average Bonchev–Trinajstić information content (AvgIpc) is 3.02. The van der Waals surface area contributed by atoms with Gasteiger partial charge in [-0.05, 0) is 25.5 Å². The van der Waals surface area contributed by atoms with Crippen LogP contribution in [0.2, 0.25) is 0 Å². The van der Waals surface area contributed by atoms with Crippen LogP contribution in [0.5, 0.6) is 0 Å². The van der Waals surface area contributed by atoms with Gasteiger partial charge >= 0.3 is 0 Å². The number of oxazole rings is 1. The Balaban J connectivity index is 1.81. The number of unbranched alkanes of at least 4 members (excludes halogenated alkanes) is 2. The third kappa shape index (κ3) is 5.48. The highest BCUT2D eigenvalue weighted by molar-refractivity contribution is 5.76. The third-order valence-corrected chi connectivity index (χ3v) is 3.91. The van der Waals surface area contributed by atoms with Crippen LogP contribution >= 0.6 is 0 Å². The predicted octanol–water partition coefficient (Wildman–Crippen LogP) is 4.50. The maximum absolute atomic E-state index is 13.7. The number of aryl methyl sites for hydroxylation is 1. The zero-order valence-electron chi connectivity index (χ0n) is 14.3. The van der Waals surface area contributed by atoms with Crippen LogP contribution in [0.15, 0.2) is 34.9 Å². The molecule has 1 N–H and O–H groups in total. The number of benzene rings is 1. The van der Waals surface area contributed by atoms with E-state index in [1.54, 1.807) is 18.2 Å². The van der Waals surface area contributed by atoms with Crippen molar-refractivity contribution in [1.82, 2.24) is 10.3 Å². The third-order valence-electron chi connectivity index (χ3n) is 3.91. The first-order chi connectivity index (χ1) is 11.6. The first-order valence-electron chi connectivity index (χ1n) is 8.59. The summed E-state index contributed by atoms with van der Waals surface area (Å²) in [5.41, 5.74) is 0.380. The summed E-state index contributed by atoms with van der Waals surface area (Å²) in [6, 6.07) is 6.58. The van der Waals surface area contributed by atoms with Crippen LogP contribution in [0, 0.1) is 5.82 Å². The fraction of sp³-hybridized carbons (Fsp3) is 0.474. The topological polar surface area (TPSA) is 55.1 Å². The van der Waals surface area contributed by atoms with E-state index in [0.717, 1.165) is 12.8 Å². The Morgan fingerprint density at radius 1 is 1.33 bits per heavy atom. The molecule has 0 fully saturated rings. The largest absolute Gasteiger partial charge is 0.441 e. The van der Waals surface area contributed by atoms with Gasteiger partial charge in [-0.3, -0.25) is 4.79 Å². The molecule has 1 atom stereocenters. The van der Waals surface area contributed by atoms with Gasteiger partial charge in [0.25, 0.3) is 0 Å². The maximum Gasteiger partial charge on any atom is 0.220 e. The second-order valence-electron chi connectivity index (χ2n) is 6.06. The van der Waals surface area contributed by atoms with E-state index in [-0.39, 0.29) is 17.8 Å². The van der Waals surface area contributed by atoms with E-state index in [1.807, 2.05) is 6.92 Å². The van der Waals surface area contributed by atoms with E-state index in [2.05, 4.69) is 17.2 Å². The molecule has 1 amide bonds. The molecule has 2 aromatic rings. The smallest absolute Gasteiger partial charge is 0.220 e. The molecule has 1 aromatic carbocycles. The Bertz CT molecular complexity index is 654. The summed E-state index contributed by atoms with van der Waals surface area (Å²) in [7, 11) is 0. The molecule has 0 saturated carbocycles. The van der Waals surface area contributed by atoms with Crippen molar-refractivity contribution in [3.8, 4) is 11.3 Å². The lowest BCUT2D eigenvalue weighted by molar-refractivity contribution is -0.121. The van der Waals surface area contributed by atoms with E-state index in [4.69, 9.17) is 4.42 Å². The number of carbonyl (C=O) groups excluding carboxylic acids is 1. The van der Waals surface area contributed by atoms with Gasteiger partial charge in [0, 0.05) is 18.9 Å². The number of halogens is 1. The van der Waals surface area contributed by atoms with Crippen LogP contribution in [-0.4, -0.2) is 16.9 Å². The van der Waals surface area contributed by atoms with Crippen LogP contribution in [0.1, 0.15) is 51.8 Å². The van der Waals surface area contributed by atoms with E-state index in [1.165, 1.54) is 25.1 Å². The Labute approximate surface area is 142 Å². The number of hydrogen-bond donors (Lipinski definition) is 1. The summed E-state index contributed by atoms with van der Waals surface area (Å²) < 4.78 is 19.3. The monoisotopic (exact) mass is 332 g/mol. The lowest BCUT2D eigenvalue weighted by atomic mass is 10.1. The molecule has 0 spiro atoms. The van der Waals surface area contributed by atoms with Gasteiger partial charge in [0.15, 0.2) is 11.7 Å². The molecule has 130 valence electrons. The molecule has 24 heavy (non-hydrogen) atoms. The minimum absolute atomic E-state index is 0.00959. The molecule has 1 heterocycles. The van der Waals surface area contributed by atoms with E-state index < -0.39 is 0 Å². The number of nitrogens with one attached hydrogen (secondary N) is 1. The van der Waals surface area contributed by atoms with Crippen molar-refractivity contribution in [3.05, 3.63) is 42.2 Å². The SMILES string of the molecule is CCCCCC(C)NC(=O)CCc1ncc(-c2ccccc2F)o1.